The fourth-order valence-electron chi connectivity index (χ4n) is 1.38. The molecule has 0 aliphatic carbocycles. The lowest BCUT2D eigenvalue weighted by molar-refractivity contribution is 0.0596. The number of methoxy groups -OCH3 is 2. The van der Waals surface area contributed by atoms with Crippen LogP contribution in [0.3, 0.4) is 0 Å². The second kappa shape index (κ2) is 5.50. The van der Waals surface area contributed by atoms with Gasteiger partial charge in [0.2, 0.25) is 0 Å². The van der Waals surface area contributed by atoms with Crippen LogP contribution < -0.4 is 10.1 Å². The minimum Gasteiger partial charge on any atom is -0.497 e. The van der Waals surface area contributed by atoms with E-state index in [9.17, 15) is 4.79 Å². The Kier molecular flexibility index (Phi) is 3.78. The molecule has 0 spiro atoms. The Morgan fingerprint density at radius 2 is 2.00 bits per heavy atom. The summed E-state index contributed by atoms with van der Waals surface area (Å²) in [5.74, 6) is 0.324. The van der Waals surface area contributed by atoms with Crippen LogP contribution in [0.1, 0.15) is 10.5 Å². The van der Waals surface area contributed by atoms with Gasteiger partial charge < -0.3 is 14.8 Å². The fourth-order valence-corrected chi connectivity index (χ4v) is 2.07. The summed E-state index contributed by atoms with van der Waals surface area (Å²) >= 11 is 1.34. The van der Waals surface area contributed by atoms with Crippen LogP contribution in [0.15, 0.2) is 29.8 Å². The highest BCUT2D eigenvalue weighted by Gasteiger charge is 2.15. The van der Waals surface area contributed by atoms with Gasteiger partial charge in [-0.05, 0) is 24.3 Å². The lowest BCUT2D eigenvalue weighted by Gasteiger charge is -2.06. The van der Waals surface area contributed by atoms with E-state index in [0.717, 1.165) is 11.4 Å². The van der Waals surface area contributed by atoms with Gasteiger partial charge in [0.25, 0.3) is 0 Å². The van der Waals surface area contributed by atoms with E-state index >= 15 is 0 Å². The van der Waals surface area contributed by atoms with Crippen molar-refractivity contribution in [3.05, 3.63) is 35.5 Å². The Bertz CT molecular complexity index is 537. The van der Waals surface area contributed by atoms with E-state index in [-0.39, 0.29) is 0 Å². The number of carbonyl (C=O) groups is 1. The first-order valence-corrected chi connectivity index (χ1v) is 6.05. The molecule has 94 valence electrons. The van der Waals surface area contributed by atoms with Crippen molar-refractivity contribution < 1.29 is 14.3 Å². The van der Waals surface area contributed by atoms with Gasteiger partial charge in [-0.1, -0.05) is 0 Å². The third kappa shape index (κ3) is 2.60. The van der Waals surface area contributed by atoms with E-state index < -0.39 is 5.97 Å². The number of benzene rings is 1. The van der Waals surface area contributed by atoms with Crippen molar-refractivity contribution in [2.45, 2.75) is 0 Å². The molecule has 5 nitrogen and oxygen atoms in total. The molecule has 18 heavy (non-hydrogen) atoms. The summed E-state index contributed by atoms with van der Waals surface area (Å²) < 4.78 is 9.73. The summed E-state index contributed by atoms with van der Waals surface area (Å²) in [5, 5.41) is 3.78. The molecule has 0 bridgehead atoms. The maximum absolute atomic E-state index is 11.4. The Balaban J connectivity index is 2.18. The van der Waals surface area contributed by atoms with E-state index in [4.69, 9.17) is 4.74 Å². The topological polar surface area (TPSA) is 60.5 Å². The monoisotopic (exact) mass is 264 g/mol. The molecule has 0 saturated carbocycles. The van der Waals surface area contributed by atoms with Gasteiger partial charge in [-0.15, -0.1) is 11.3 Å². The lowest BCUT2D eigenvalue weighted by atomic mass is 10.3. The van der Waals surface area contributed by atoms with Crippen LogP contribution in [0, 0.1) is 0 Å². The zero-order valence-corrected chi connectivity index (χ0v) is 10.8. The quantitative estimate of drug-likeness (QED) is 0.860. The van der Waals surface area contributed by atoms with Crippen LogP contribution in [-0.2, 0) is 4.74 Å². The number of ether oxygens (including phenoxy) is 2. The van der Waals surface area contributed by atoms with Crippen LogP contribution in [-0.4, -0.2) is 25.2 Å². The molecular weight excluding hydrogens is 252 g/mol. The highest BCUT2D eigenvalue weighted by atomic mass is 32.1. The van der Waals surface area contributed by atoms with Crippen molar-refractivity contribution in [1.29, 1.82) is 0 Å². The molecule has 0 aliphatic heterocycles. The number of thiazole rings is 1. The average molecular weight is 264 g/mol. The zero-order chi connectivity index (χ0) is 13.0. The van der Waals surface area contributed by atoms with Gasteiger partial charge in [-0.3, -0.25) is 0 Å². The SMILES string of the molecule is COC(=O)c1ncsc1Nc1ccc(OC)cc1. The van der Waals surface area contributed by atoms with Gasteiger partial charge in [0.1, 0.15) is 10.8 Å². The lowest BCUT2D eigenvalue weighted by Crippen LogP contribution is -2.04. The molecule has 6 heteroatoms. The van der Waals surface area contributed by atoms with Gasteiger partial charge in [-0.25, -0.2) is 9.78 Å². The first kappa shape index (κ1) is 12.4. The average Bonchev–Trinajstić information content (AvgIpc) is 2.87. The van der Waals surface area contributed by atoms with E-state index in [2.05, 4.69) is 15.0 Å². The van der Waals surface area contributed by atoms with Crippen molar-refractivity contribution >= 4 is 28.0 Å². The van der Waals surface area contributed by atoms with Crippen molar-refractivity contribution in [1.82, 2.24) is 4.98 Å². The molecule has 1 N–H and O–H groups in total. The Morgan fingerprint density at radius 3 is 2.61 bits per heavy atom. The smallest absolute Gasteiger partial charge is 0.359 e. The number of hydrogen-bond donors (Lipinski definition) is 1. The number of anilines is 2. The molecule has 1 heterocycles. The molecule has 2 aromatic rings. The molecule has 0 amide bonds. The Labute approximate surface area is 108 Å². The summed E-state index contributed by atoms with van der Waals surface area (Å²) in [6.45, 7) is 0. The summed E-state index contributed by atoms with van der Waals surface area (Å²) in [7, 11) is 2.94. The minimum atomic E-state index is -0.452. The molecule has 2 rings (SSSR count). The molecule has 1 aromatic heterocycles. The largest absolute Gasteiger partial charge is 0.497 e. The number of esters is 1. The Morgan fingerprint density at radius 1 is 1.28 bits per heavy atom. The highest BCUT2D eigenvalue weighted by Crippen LogP contribution is 2.26. The normalized spacial score (nSPS) is 9.89. The van der Waals surface area contributed by atoms with Crippen molar-refractivity contribution in [3.8, 4) is 5.75 Å². The number of hydrogen-bond acceptors (Lipinski definition) is 6. The predicted molar refractivity (Wildman–Crippen MR) is 69.7 cm³/mol. The van der Waals surface area contributed by atoms with Gasteiger partial charge in [-0.2, -0.15) is 0 Å². The standard InChI is InChI=1S/C12H12N2O3S/c1-16-9-5-3-8(4-6-9)14-11-10(12(15)17-2)13-7-18-11/h3-7,14H,1-2H3. The van der Waals surface area contributed by atoms with E-state index in [1.165, 1.54) is 18.4 Å². The fraction of sp³-hybridized carbons (Fsp3) is 0.167. The van der Waals surface area contributed by atoms with Gasteiger partial charge in [0.05, 0.1) is 19.7 Å². The maximum atomic E-state index is 11.4. The van der Waals surface area contributed by atoms with Crippen LogP contribution in [0.2, 0.25) is 0 Å². The first-order valence-electron chi connectivity index (χ1n) is 5.17. The van der Waals surface area contributed by atoms with Crippen LogP contribution >= 0.6 is 11.3 Å². The molecule has 1 aromatic carbocycles. The Hall–Kier alpha value is -2.08. The molecular formula is C12H12N2O3S. The number of aromatic nitrogens is 1. The number of nitrogens with zero attached hydrogens (tertiary/aromatic N) is 1. The predicted octanol–water partition coefficient (Wildman–Crippen LogP) is 2.68. The highest BCUT2D eigenvalue weighted by molar-refractivity contribution is 7.14. The second-order valence-electron chi connectivity index (χ2n) is 3.38. The van der Waals surface area contributed by atoms with Crippen LogP contribution in [0.25, 0.3) is 0 Å². The number of rotatable bonds is 4. The summed E-state index contributed by atoms with van der Waals surface area (Å²) in [4.78, 5) is 15.4. The first-order chi connectivity index (χ1) is 8.74. The zero-order valence-electron chi connectivity index (χ0n) is 9.97. The van der Waals surface area contributed by atoms with Crippen molar-refractivity contribution in [2.75, 3.05) is 19.5 Å². The van der Waals surface area contributed by atoms with E-state index in [0.29, 0.717) is 10.7 Å². The van der Waals surface area contributed by atoms with E-state index in [1.807, 2.05) is 24.3 Å². The van der Waals surface area contributed by atoms with Crippen LogP contribution in [0.5, 0.6) is 5.75 Å². The summed E-state index contributed by atoms with van der Waals surface area (Å²) in [6, 6.07) is 7.39. The van der Waals surface area contributed by atoms with Crippen molar-refractivity contribution in [2.24, 2.45) is 0 Å². The third-order valence-electron chi connectivity index (χ3n) is 2.29. The molecule has 0 atom stereocenters. The van der Waals surface area contributed by atoms with Crippen LogP contribution in [0.4, 0.5) is 10.7 Å². The number of carbonyl (C=O) groups excluding carboxylic acids is 1. The molecule has 0 unspecified atom stereocenters. The molecule has 0 fully saturated rings. The number of nitrogens with one attached hydrogen (secondary N) is 1. The van der Waals surface area contributed by atoms with Gasteiger partial charge in [0.15, 0.2) is 5.69 Å². The van der Waals surface area contributed by atoms with Gasteiger partial charge in [0, 0.05) is 5.69 Å². The maximum Gasteiger partial charge on any atom is 0.359 e. The molecule has 0 radical (unpaired) electrons. The molecule has 0 aliphatic rings. The minimum absolute atomic E-state index is 0.290. The third-order valence-corrected chi connectivity index (χ3v) is 3.04. The molecule has 0 saturated heterocycles. The summed E-state index contributed by atoms with van der Waals surface area (Å²) in [6.07, 6.45) is 0. The second-order valence-corrected chi connectivity index (χ2v) is 4.23. The summed E-state index contributed by atoms with van der Waals surface area (Å²) in [5.41, 5.74) is 2.74. The van der Waals surface area contributed by atoms with Crippen molar-refractivity contribution in [3.63, 3.8) is 0 Å². The van der Waals surface area contributed by atoms with Gasteiger partial charge >= 0.3 is 5.97 Å². The van der Waals surface area contributed by atoms with E-state index in [1.54, 1.807) is 12.6 Å².